The lowest BCUT2D eigenvalue weighted by atomic mass is 10.1. The minimum atomic E-state index is -0.467. The molecule has 0 radical (unpaired) electrons. The lowest BCUT2D eigenvalue weighted by Gasteiger charge is -2.12. The first-order chi connectivity index (χ1) is 13.4. The molecule has 140 valence electrons. The molecule has 0 unspecified atom stereocenters. The maximum atomic E-state index is 12.4. The Morgan fingerprint density at radius 3 is 2.29 bits per heavy atom. The van der Waals surface area contributed by atoms with Gasteiger partial charge in [0.25, 0.3) is 11.8 Å². The van der Waals surface area contributed by atoms with E-state index in [9.17, 15) is 14.4 Å². The third kappa shape index (κ3) is 3.36. The Balaban J connectivity index is 1.48. The molecular formula is C20H14BrN3O3S. The zero-order valence-corrected chi connectivity index (χ0v) is 17.1. The lowest BCUT2D eigenvalue weighted by Crippen LogP contribution is -2.37. The Bertz CT molecular complexity index is 1070. The van der Waals surface area contributed by atoms with E-state index < -0.39 is 17.7 Å². The fourth-order valence-corrected chi connectivity index (χ4v) is 4.13. The van der Waals surface area contributed by atoms with E-state index in [2.05, 4.69) is 26.2 Å². The first-order valence-corrected chi connectivity index (χ1v) is 10.0. The third-order valence-electron chi connectivity index (χ3n) is 4.34. The SMILES string of the molecule is Cc1sc(NC(=O)CN2C(=O)c3ccccc3C2=O)nc1-c1ccc(Br)cc1. The Hall–Kier alpha value is -2.84. The molecular weight excluding hydrogens is 442 g/mol. The highest BCUT2D eigenvalue weighted by Gasteiger charge is 2.36. The van der Waals surface area contributed by atoms with Crippen molar-refractivity contribution in [1.29, 1.82) is 0 Å². The number of aromatic nitrogens is 1. The molecule has 0 spiro atoms. The molecule has 1 N–H and O–H groups in total. The van der Waals surface area contributed by atoms with E-state index in [1.807, 2.05) is 31.2 Å². The number of aryl methyl sites for hydroxylation is 1. The largest absolute Gasteiger partial charge is 0.300 e. The zero-order chi connectivity index (χ0) is 19.8. The molecule has 0 bridgehead atoms. The number of carbonyl (C=O) groups is 3. The average Bonchev–Trinajstić information content (AvgIpc) is 3.15. The molecule has 0 atom stereocenters. The van der Waals surface area contributed by atoms with Gasteiger partial charge >= 0.3 is 0 Å². The molecule has 4 rings (SSSR count). The van der Waals surface area contributed by atoms with E-state index in [0.29, 0.717) is 16.3 Å². The van der Waals surface area contributed by atoms with Crippen molar-refractivity contribution in [2.75, 3.05) is 11.9 Å². The van der Waals surface area contributed by atoms with Gasteiger partial charge in [0.15, 0.2) is 5.13 Å². The van der Waals surface area contributed by atoms with Gasteiger partial charge in [0.1, 0.15) is 6.54 Å². The molecule has 3 aromatic rings. The molecule has 2 aromatic carbocycles. The van der Waals surface area contributed by atoms with Crippen LogP contribution in [0.4, 0.5) is 5.13 Å². The van der Waals surface area contributed by atoms with Crippen LogP contribution in [0.25, 0.3) is 11.3 Å². The van der Waals surface area contributed by atoms with Crippen LogP contribution in [0.1, 0.15) is 25.6 Å². The Morgan fingerprint density at radius 2 is 1.68 bits per heavy atom. The number of hydrogen-bond donors (Lipinski definition) is 1. The molecule has 6 nitrogen and oxygen atoms in total. The van der Waals surface area contributed by atoms with Crippen LogP contribution in [-0.4, -0.2) is 34.2 Å². The van der Waals surface area contributed by atoms with Crippen molar-refractivity contribution in [2.45, 2.75) is 6.92 Å². The molecule has 8 heteroatoms. The number of carbonyl (C=O) groups excluding carboxylic acids is 3. The van der Waals surface area contributed by atoms with Gasteiger partial charge in [-0.25, -0.2) is 4.98 Å². The third-order valence-corrected chi connectivity index (χ3v) is 5.76. The van der Waals surface area contributed by atoms with E-state index in [1.165, 1.54) is 11.3 Å². The number of amides is 3. The van der Waals surface area contributed by atoms with Crippen LogP contribution in [0.3, 0.4) is 0 Å². The minimum Gasteiger partial charge on any atom is -0.300 e. The number of imide groups is 1. The summed E-state index contributed by atoms with van der Waals surface area (Å²) in [5.74, 6) is -1.38. The smallest absolute Gasteiger partial charge is 0.262 e. The van der Waals surface area contributed by atoms with E-state index >= 15 is 0 Å². The number of fused-ring (bicyclic) bond motifs is 1. The molecule has 1 aliphatic rings. The second kappa shape index (κ2) is 7.29. The highest BCUT2D eigenvalue weighted by Crippen LogP contribution is 2.31. The predicted molar refractivity (Wildman–Crippen MR) is 110 cm³/mol. The quantitative estimate of drug-likeness (QED) is 0.600. The van der Waals surface area contributed by atoms with Crippen molar-refractivity contribution in [2.24, 2.45) is 0 Å². The van der Waals surface area contributed by atoms with Crippen LogP contribution in [0.2, 0.25) is 0 Å². The number of halogens is 1. The van der Waals surface area contributed by atoms with E-state index in [1.54, 1.807) is 24.3 Å². The van der Waals surface area contributed by atoms with Crippen molar-refractivity contribution in [3.05, 3.63) is 69.0 Å². The Labute approximate surface area is 173 Å². The number of benzene rings is 2. The number of rotatable bonds is 4. The number of thiazole rings is 1. The summed E-state index contributed by atoms with van der Waals surface area (Å²) in [6.07, 6.45) is 0. The number of nitrogens with one attached hydrogen (secondary N) is 1. The molecule has 3 amide bonds. The molecule has 0 fully saturated rings. The van der Waals surface area contributed by atoms with Crippen LogP contribution >= 0.6 is 27.3 Å². The zero-order valence-electron chi connectivity index (χ0n) is 14.7. The fourth-order valence-electron chi connectivity index (χ4n) is 3.01. The summed E-state index contributed by atoms with van der Waals surface area (Å²) in [6.45, 7) is 1.58. The molecule has 0 saturated carbocycles. The highest BCUT2D eigenvalue weighted by atomic mass is 79.9. The average molecular weight is 456 g/mol. The minimum absolute atomic E-state index is 0.322. The van der Waals surface area contributed by atoms with E-state index in [-0.39, 0.29) is 6.54 Å². The first kappa shape index (κ1) is 18.5. The van der Waals surface area contributed by atoms with Gasteiger partial charge < -0.3 is 5.32 Å². The summed E-state index contributed by atoms with van der Waals surface area (Å²) in [5, 5.41) is 3.12. The van der Waals surface area contributed by atoms with Crippen molar-refractivity contribution in [3.63, 3.8) is 0 Å². The topological polar surface area (TPSA) is 79.4 Å². The summed E-state index contributed by atoms with van der Waals surface area (Å²) in [7, 11) is 0. The Kier molecular flexibility index (Phi) is 4.82. The summed E-state index contributed by atoms with van der Waals surface area (Å²) in [4.78, 5) is 43.6. The van der Waals surface area contributed by atoms with Gasteiger partial charge in [-0.3, -0.25) is 19.3 Å². The monoisotopic (exact) mass is 455 g/mol. The van der Waals surface area contributed by atoms with Crippen molar-refractivity contribution in [1.82, 2.24) is 9.88 Å². The van der Waals surface area contributed by atoms with E-state index in [0.717, 1.165) is 25.5 Å². The number of hydrogen-bond acceptors (Lipinski definition) is 5. The van der Waals surface area contributed by atoms with Crippen molar-refractivity contribution >= 4 is 50.1 Å². The fraction of sp³-hybridized carbons (Fsp3) is 0.100. The summed E-state index contributed by atoms with van der Waals surface area (Å²) in [5.41, 5.74) is 2.37. The van der Waals surface area contributed by atoms with Gasteiger partial charge in [-0.05, 0) is 31.2 Å². The summed E-state index contributed by atoms with van der Waals surface area (Å²) >= 11 is 4.75. The normalized spacial score (nSPS) is 13.0. The second-order valence-electron chi connectivity index (χ2n) is 6.22. The standard InChI is InChI=1S/C20H14BrN3O3S/c1-11-17(12-6-8-13(21)9-7-12)23-20(28-11)22-16(25)10-24-18(26)14-4-2-3-5-15(14)19(24)27/h2-9H,10H2,1H3,(H,22,23,25). The predicted octanol–water partition coefficient (Wildman–Crippen LogP) is 4.12. The molecule has 0 aliphatic carbocycles. The molecule has 2 heterocycles. The van der Waals surface area contributed by atoms with Crippen LogP contribution in [0, 0.1) is 6.92 Å². The summed E-state index contributed by atoms with van der Waals surface area (Å²) in [6, 6.07) is 14.3. The molecule has 0 saturated heterocycles. The van der Waals surface area contributed by atoms with Crippen molar-refractivity contribution < 1.29 is 14.4 Å². The van der Waals surface area contributed by atoms with Crippen LogP contribution in [-0.2, 0) is 4.79 Å². The molecule has 1 aromatic heterocycles. The van der Waals surface area contributed by atoms with Gasteiger partial charge in [-0.15, -0.1) is 11.3 Å². The van der Waals surface area contributed by atoms with Crippen LogP contribution in [0.5, 0.6) is 0 Å². The van der Waals surface area contributed by atoms with Gasteiger partial charge in [0.2, 0.25) is 5.91 Å². The first-order valence-electron chi connectivity index (χ1n) is 8.42. The Morgan fingerprint density at radius 1 is 1.07 bits per heavy atom. The summed E-state index contributed by atoms with van der Waals surface area (Å²) < 4.78 is 0.971. The maximum absolute atomic E-state index is 12.4. The van der Waals surface area contributed by atoms with Gasteiger partial charge in [0.05, 0.1) is 16.8 Å². The van der Waals surface area contributed by atoms with Gasteiger partial charge in [-0.1, -0.05) is 40.2 Å². The van der Waals surface area contributed by atoms with Gasteiger partial charge in [0, 0.05) is 14.9 Å². The number of anilines is 1. The van der Waals surface area contributed by atoms with Crippen LogP contribution in [0.15, 0.2) is 53.0 Å². The number of nitrogens with zero attached hydrogens (tertiary/aromatic N) is 2. The lowest BCUT2D eigenvalue weighted by molar-refractivity contribution is -0.116. The van der Waals surface area contributed by atoms with Crippen molar-refractivity contribution in [3.8, 4) is 11.3 Å². The van der Waals surface area contributed by atoms with Crippen LogP contribution < -0.4 is 5.32 Å². The maximum Gasteiger partial charge on any atom is 0.262 e. The highest BCUT2D eigenvalue weighted by molar-refractivity contribution is 9.10. The molecule has 1 aliphatic heterocycles. The second-order valence-corrected chi connectivity index (χ2v) is 8.34. The van der Waals surface area contributed by atoms with E-state index in [4.69, 9.17) is 0 Å². The van der Waals surface area contributed by atoms with Gasteiger partial charge in [-0.2, -0.15) is 0 Å². The molecule has 28 heavy (non-hydrogen) atoms.